The van der Waals surface area contributed by atoms with Gasteiger partial charge in [-0.2, -0.15) is 0 Å². The Morgan fingerprint density at radius 2 is 2.11 bits per heavy atom. The first-order valence-electron chi connectivity index (χ1n) is 5.97. The van der Waals surface area contributed by atoms with Crippen molar-refractivity contribution in [2.24, 2.45) is 5.73 Å². The summed E-state index contributed by atoms with van der Waals surface area (Å²) in [6.45, 7) is 0.244. The molecule has 0 saturated carbocycles. The van der Waals surface area contributed by atoms with Crippen LogP contribution >= 0.6 is 0 Å². The molecular weight excluding hydrogens is 248 g/mol. The summed E-state index contributed by atoms with van der Waals surface area (Å²) in [6, 6.07) is 8.44. The van der Waals surface area contributed by atoms with Crippen LogP contribution in [0.2, 0.25) is 0 Å². The number of hydrogen-bond donors (Lipinski definition) is 3. The molecule has 0 unspecified atom stereocenters. The third-order valence-electron chi connectivity index (χ3n) is 3.15. The molecule has 102 valence electrons. The molecule has 2 atom stereocenters. The molecule has 6 nitrogen and oxygen atoms in total. The van der Waals surface area contributed by atoms with Gasteiger partial charge in [0.1, 0.15) is 18.2 Å². The van der Waals surface area contributed by atoms with Gasteiger partial charge in [-0.1, -0.05) is 30.3 Å². The summed E-state index contributed by atoms with van der Waals surface area (Å²) in [5.74, 6) is -1.59. The van der Waals surface area contributed by atoms with E-state index in [2.05, 4.69) is 5.32 Å². The van der Waals surface area contributed by atoms with Crippen LogP contribution in [-0.2, 0) is 20.9 Å². The second-order valence-corrected chi connectivity index (χ2v) is 4.69. The van der Waals surface area contributed by atoms with Crippen molar-refractivity contribution < 1.29 is 19.4 Å². The van der Waals surface area contributed by atoms with Crippen LogP contribution in [-0.4, -0.2) is 35.2 Å². The van der Waals surface area contributed by atoms with Crippen LogP contribution < -0.4 is 11.1 Å². The lowest BCUT2D eigenvalue weighted by Gasteiger charge is -2.20. The van der Waals surface area contributed by atoms with Crippen molar-refractivity contribution in [3.8, 4) is 0 Å². The first-order valence-corrected chi connectivity index (χ1v) is 5.97. The summed E-state index contributed by atoms with van der Waals surface area (Å²) < 4.78 is 5.15. The second-order valence-electron chi connectivity index (χ2n) is 4.69. The molecule has 0 aromatic heterocycles. The minimum atomic E-state index is -1.27. The van der Waals surface area contributed by atoms with Gasteiger partial charge >= 0.3 is 11.9 Å². The van der Waals surface area contributed by atoms with Crippen LogP contribution in [0, 0.1) is 0 Å². The summed E-state index contributed by atoms with van der Waals surface area (Å²) in [7, 11) is 0. The van der Waals surface area contributed by atoms with Gasteiger partial charge in [-0.15, -0.1) is 0 Å². The number of carbonyl (C=O) groups is 2. The number of carboxylic acids is 1. The molecule has 0 bridgehead atoms. The van der Waals surface area contributed by atoms with E-state index < -0.39 is 23.5 Å². The van der Waals surface area contributed by atoms with Gasteiger partial charge in [-0.3, -0.25) is 4.79 Å². The maximum Gasteiger partial charge on any atom is 0.327 e. The van der Waals surface area contributed by atoms with Gasteiger partial charge in [-0.25, -0.2) is 4.79 Å². The normalized spacial score (nSPS) is 26.1. The number of carbonyl (C=O) groups excluding carboxylic acids is 1. The van der Waals surface area contributed by atoms with Gasteiger partial charge in [0.25, 0.3) is 0 Å². The van der Waals surface area contributed by atoms with Gasteiger partial charge in [0.15, 0.2) is 0 Å². The van der Waals surface area contributed by atoms with E-state index in [0.29, 0.717) is 0 Å². The maximum atomic E-state index is 11.9. The Labute approximate surface area is 110 Å². The minimum Gasteiger partial charge on any atom is -0.480 e. The van der Waals surface area contributed by atoms with Crippen molar-refractivity contribution in [3.63, 3.8) is 0 Å². The van der Waals surface area contributed by atoms with E-state index in [4.69, 9.17) is 15.6 Å². The van der Waals surface area contributed by atoms with Crippen LogP contribution in [0.25, 0.3) is 0 Å². The molecule has 6 heteroatoms. The van der Waals surface area contributed by atoms with Crippen molar-refractivity contribution in [1.29, 1.82) is 0 Å². The Hall–Kier alpha value is -1.92. The molecule has 1 heterocycles. The van der Waals surface area contributed by atoms with Crippen molar-refractivity contribution >= 4 is 11.9 Å². The highest BCUT2D eigenvalue weighted by molar-refractivity contribution is 5.84. The number of nitrogens with two attached hydrogens (primary N) is 1. The molecule has 1 aromatic carbocycles. The quantitative estimate of drug-likeness (QED) is 0.655. The standard InChI is InChI=1S/C13H16N2O4/c14-13(6-10(11(16)17)15-8-13)12(18)19-7-9-4-2-1-3-5-9/h1-5,10,15H,6-8,14H2,(H,16,17)/t10-,13-/m1/s1. The average Bonchev–Trinajstić information content (AvgIpc) is 2.81. The summed E-state index contributed by atoms with van der Waals surface area (Å²) in [6.07, 6.45) is 0.0377. The van der Waals surface area contributed by atoms with E-state index in [1.54, 1.807) is 0 Å². The van der Waals surface area contributed by atoms with Gasteiger partial charge < -0.3 is 20.9 Å². The molecule has 1 saturated heterocycles. The largest absolute Gasteiger partial charge is 0.480 e. The third-order valence-corrected chi connectivity index (χ3v) is 3.15. The summed E-state index contributed by atoms with van der Waals surface area (Å²) in [5.41, 5.74) is 5.49. The number of rotatable bonds is 4. The molecule has 0 radical (unpaired) electrons. The number of benzene rings is 1. The monoisotopic (exact) mass is 264 g/mol. The number of aliphatic carboxylic acids is 1. The van der Waals surface area contributed by atoms with Gasteiger partial charge in [0, 0.05) is 13.0 Å². The molecule has 1 aliphatic heterocycles. The predicted octanol–water partition coefficient (Wildman–Crippen LogP) is -0.126. The van der Waals surface area contributed by atoms with Crippen LogP contribution in [0.4, 0.5) is 0 Å². The first-order chi connectivity index (χ1) is 9.01. The molecule has 1 aliphatic rings. The molecular formula is C13H16N2O4. The van der Waals surface area contributed by atoms with Crippen molar-refractivity contribution in [3.05, 3.63) is 35.9 Å². The fourth-order valence-electron chi connectivity index (χ4n) is 2.01. The van der Waals surface area contributed by atoms with E-state index in [0.717, 1.165) is 5.56 Å². The third kappa shape index (κ3) is 3.10. The molecule has 1 fully saturated rings. The smallest absolute Gasteiger partial charge is 0.327 e. The van der Waals surface area contributed by atoms with Gasteiger partial charge in [0.2, 0.25) is 0 Å². The molecule has 1 aromatic rings. The lowest BCUT2D eigenvalue weighted by atomic mass is 9.97. The molecule has 19 heavy (non-hydrogen) atoms. The highest BCUT2D eigenvalue weighted by Gasteiger charge is 2.45. The van der Waals surface area contributed by atoms with Crippen LogP contribution in [0.15, 0.2) is 30.3 Å². The van der Waals surface area contributed by atoms with Crippen LogP contribution in [0.5, 0.6) is 0 Å². The van der Waals surface area contributed by atoms with E-state index in [1.807, 2.05) is 30.3 Å². The Morgan fingerprint density at radius 3 is 2.68 bits per heavy atom. The lowest BCUT2D eigenvalue weighted by molar-refractivity contribution is -0.150. The van der Waals surface area contributed by atoms with E-state index in [1.165, 1.54) is 0 Å². The second kappa shape index (κ2) is 5.38. The first kappa shape index (κ1) is 13.5. The fourth-order valence-corrected chi connectivity index (χ4v) is 2.01. The van der Waals surface area contributed by atoms with Gasteiger partial charge in [-0.05, 0) is 5.56 Å². The van der Waals surface area contributed by atoms with Crippen molar-refractivity contribution in [2.75, 3.05) is 6.54 Å². The number of nitrogens with one attached hydrogen (secondary N) is 1. The number of hydrogen-bond acceptors (Lipinski definition) is 5. The maximum absolute atomic E-state index is 11.9. The number of carboxylic acid groups (broad SMARTS) is 1. The van der Waals surface area contributed by atoms with Gasteiger partial charge in [0.05, 0.1) is 0 Å². The Kier molecular flexibility index (Phi) is 3.82. The highest BCUT2D eigenvalue weighted by Crippen LogP contribution is 2.19. The van der Waals surface area contributed by atoms with Crippen LogP contribution in [0.3, 0.4) is 0 Å². The van der Waals surface area contributed by atoms with Crippen LogP contribution in [0.1, 0.15) is 12.0 Å². The molecule has 0 spiro atoms. The zero-order valence-electron chi connectivity index (χ0n) is 10.3. The molecule has 0 aliphatic carbocycles. The SMILES string of the molecule is N[C@@]1(C(=O)OCc2ccccc2)CN[C@@H](C(=O)O)C1. The highest BCUT2D eigenvalue weighted by atomic mass is 16.5. The van der Waals surface area contributed by atoms with E-state index >= 15 is 0 Å². The summed E-state index contributed by atoms with van der Waals surface area (Å²) >= 11 is 0. The zero-order chi connectivity index (χ0) is 13.9. The van der Waals surface area contributed by atoms with Crippen molar-refractivity contribution in [2.45, 2.75) is 24.6 Å². The molecule has 2 rings (SSSR count). The Balaban J connectivity index is 1.91. The predicted molar refractivity (Wildman–Crippen MR) is 67.2 cm³/mol. The topological polar surface area (TPSA) is 102 Å². The Bertz CT molecular complexity index is 477. The zero-order valence-corrected chi connectivity index (χ0v) is 10.3. The minimum absolute atomic E-state index is 0.0377. The number of ether oxygens (including phenoxy) is 1. The fraction of sp³-hybridized carbons (Fsp3) is 0.385. The molecule has 0 amide bonds. The molecule has 4 N–H and O–H groups in total. The Morgan fingerprint density at radius 1 is 1.42 bits per heavy atom. The lowest BCUT2D eigenvalue weighted by Crippen LogP contribution is -2.50. The average molecular weight is 264 g/mol. The van der Waals surface area contributed by atoms with E-state index in [-0.39, 0.29) is 19.6 Å². The number of esters is 1. The van der Waals surface area contributed by atoms with E-state index in [9.17, 15) is 9.59 Å². The summed E-state index contributed by atoms with van der Waals surface area (Å²) in [4.78, 5) is 22.7. The summed E-state index contributed by atoms with van der Waals surface area (Å²) in [5, 5.41) is 11.6. The van der Waals surface area contributed by atoms with Crippen molar-refractivity contribution in [1.82, 2.24) is 5.32 Å².